The molecule has 130 valence electrons. The number of amides is 2. The van der Waals surface area contributed by atoms with E-state index in [0.717, 1.165) is 16.9 Å². The quantitative estimate of drug-likeness (QED) is 0.818. The minimum atomic E-state index is -0.597. The van der Waals surface area contributed by atoms with Gasteiger partial charge in [0.2, 0.25) is 11.8 Å². The third-order valence-electron chi connectivity index (χ3n) is 3.80. The number of rotatable bonds is 4. The van der Waals surface area contributed by atoms with Crippen molar-refractivity contribution >= 4 is 39.9 Å². The first kappa shape index (κ1) is 17.1. The molecule has 0 aliphatic carbocycles. The molecule has 0 saturated carbocycles. The van der Waals surface area contributed by atoms with Gasteiger partial charge < -0.3 is 15.4 Å². The summed E-state index contributed by atoms with van der Waals surface area (Å²) in [6.45, 7) is 3.68. The van der Waals surface area contributed by atoms with Crippen molar-refractivity contribution in [3.63, 3.8) is 0 Å². The van der Waals surface area contributed by atoms with Gasteiger partial charge >= 0.3 is 5.97 Å². The van der Waals surface area contributed by atoms with Crippen molar-refractivity contribution in [2.24, 2.45) is 0 Å². The van der Waals surface area contributed by atoms with Gasteiger partial charge in [0.25, 0.3) is 0 Å². The maximum atomic E-state index is 12.7. The molecule has 1 aliphatic heterocycles. The molecule has 0 spiro atoms. The Morgan fingerprint density at radius 2 is 2.16 bits per heavy atom. The van der Waals surface area contributed by atoms with Gasteiger partial charge in [-0.15, -0.1) is 0 Å². The number of benzene rings is 1. The number of nitrogens with one attached hydrogen (secondary N) is 2. The molecule has 0 saturated heterocycles. The molecule has 8 heteroatoms. The third-order valence-corrected chi connectivity index (χ3v) is 4.86. The summed E-state index contributed by atoms with van der Waals surface area (Å²) in [6.07, 6.45) is 0.0674. The summed E-state index contributed by atoms with van der Waals surface area (Å²) in [7, 11) is 0. The van der Waals surface area contributed by atoms with Crippen molar-refractivity contribution in [2.75, 3.05) is 17.2 Å². The smallest absolute Gasteiger partial charge is 0.350 e. The van der Waals surface area contributed by atoms with Crippen molar-refractivity contribution in [2.45, 2.75) is 26.2 Å². The largest absolute Gasteiger partial charge is 0.462 e. The Hall–Kier alpha value is -2.74. The van der Waals surface area contributed by atoms with Crippen LogP contribution in [0.4, 0.5) is 10.8 Å². The molecule has 1 aliphatic rings. The average molecular weight is 359 g/mol. The highest BCUT2D eigenvalue weighted by Crippen LogP contribution is 2.33. The molecule has 0 fully saturated rings. The van der Waals surface area contributed by atoms with Gasteiger partial charge in [-0.2, -0.15) is 0 Å². The Kier molecular flexibility index (Phi) is 4.80. The summed E-state index contributed by atoms with van der Waals surface area (Å²) in [6, 6.07) is 7.20. The highest BCUT2D eigenvalue weighted by molar-refractivity contribution is 7.17. The number of hydrogen-bond acceptors (Lipinski definition) is 6. The predicted molar refractivity (Wildman–Crippen MR) is 93.9 cm³/mol. The summed E-state index contributed by atoms with van der Waals surface area (Å²) >= 11 is 1.06. The van der Waals surface area contributed by atoms with Crippen LogP contribution in [0.1, 0.15) is 40.2 Å². The van der Waals surface area contributed by atoms with Crippen LogP contribution in [-0.2, 0) is 14.3 Å². The lowest BCUT2D eigenvalue weighted by molar-refractivity contribution is -0.123. The number of nitrogens with zero attached hydrogens (tertiary/aromatic N) is 1. The van der Waals surface area contributed by atoms with Crippen LogP contribution in [0.25, 0.3) is 0 Å². The van der Waals surface area contributed by atoms with E-state index in [1.807, 2.05) is 12.1 Å². The number of anilines is 2. The van der Waals surface area contributed by atoms with Crippen molar-refractivity contribution < 1.29 is 19.1 Å². The van der Waals surface area contributed by atoms with E-state index in [9.17, 15) is 14.4 Å². The fourth-order valence-corrected chi connectivity index (χ4v) is 3.54. The monoisotopic (exact) mass is 359 g/mol. The van der Waals surface area contributed by atoms with Crippen molar-refractivity contribution in [1.82, 2.24) is 4.98 Å². The standard InChI is InChI=1S/C17H17N3O4S/c1-3-24-16(23)14-9(2)18-17(25-14)20-15(22)11-8-13(21)19-12-7-5-4-6-10(11)12/h4-7,11H,3,8H2,1-2H3,(H,19,21)(H,18,20,22)/t11-/m0/s1. The van der Waals surface area contributed by atoms with Gasteiger partial charge in [0.15, 0.2) is 5.13 Å². The molecule has 2 N–H and O–H groups in total. The van der Waals surface area contributed by atoms with Crippen LogP contribution in [-0.4, -0.2) is 29.4 Å². The Morgan fingerprint density at radius 1 is 1.40 bits per heavy atom. The topological polar surface area (TPSA) is 97.4 Å². The van der Waals surface area contributed by atoms with E-state index in [1.54, 1.807) is 26.0 Å². The molecule has 1 atom stereocenters. The number of fused-ring (bicyclic) bond motifs is 1. The molecule has 25 heavy (non-hydrogen) atoms. The number of carbonyl (C=O) groups is 3. The van der Waals surface area contributed by atoms with Crippen LogP contribution in [0.2, 0.25) is 0 Å². The van der Waals surface area contributed by atoms with Crippen LogP contribution >= 0.6 is 11.3 Å². The van der Waals surface area contributed by atoms with E-state index in [2.05, 4.69) is 15.6 Å². The molecule has 2 aromatic rings. The zero-order valence-corrected chi connectivity index (χ0v) is 14.6. The normalized spacial score (nSPS) is 15.9. The van der Waals surface area contributed by atoms with Gasteiger partial charge in [0.1, 0.15) is 4.88 Å². The number of ether oxygens (including phenoxy) is 1. The number of carbonyl (C=O) groups excluding carboxylic acids is 3. The summed E-state index contributed by atoms with van der Waals surface area (Å²) < 4.78 is 4.97. The molecule has 3 rings (SSSR count). The molecular formula is C17H17N3O4S. The van der Waals surface area contributed by atoms with Crippen LogP contribution < -0.4 is 10.6 Å². The van der Waals surface area contributed by atoms with E-state index < -0.39 is 11.9 Å². The Bertz CT molecular complexity index is 846. The van der Waals surface area contributed by atoms with Crippen molar-refractivity contribution in [1.29, 1.82) is 0 Å². The third kappa shape index (κ3) is 3.53. The maximum Gasteiger partial charge on any atom is 0.350 e. The fourth-order valence-electron chi connectivity index (χ4n) is 2.67. The number of thiazole rings is 1. The lowest BCUT2D eigenvalue weighted by Crippen LogP contribution is -2.30. The predicted octanol–water partition coefficient (Wildman–Crippen LogP) is 2.69. The molecule has 0 bridgehead atoms. The van der Waals surface area contributed by atoms with Gasteiger partial charge in [0, 0.05) is 12.1 Å². The first-order valence-corrected chi connectivity index (χ1v) is 8.65. The first-order chi connectivity index (χ1) is 12.0. The average Bonchev–Trinajstić information content (AvgIpc) is 2.94. The molecule has 2 heterocycles. The lowest BCUT2D eigenvalue weighted by Gasteiger charge is -2.24. The van der Waals surface area contributed by atoms with E-state index in [4.69, 9.17) is 4.74 Å². The van der Waals surface area contributed by atoms with Gasteiger partial charge in [0.05, 0.1) is 18.2 Å². The molecule has 2 amide bonds. The minimum Gasteiger partial charge on any atom is -0.462 e. The number of para-hydroxylation sites is 1. The second kappa shape index (κ2) is 7.02. The van der Waals surface area contributed by atoms with Crippen molar-refractivity contribution in [3.05, 3.63) is 40.4 Å². The fraction of sp³-hybridized carbons (Fsp3) is 0.294. The number of aryl methyl sites for hydroxylation is 1. The Labute approximate surface area is 148 Å². The zero-order valence-electron chi connectivity index (χ0n) is 13.8. The summed E-state index contributed by atoms with van der Waals surface area (Å²) in [5, 5.41) is 5.78. The summed E-state index contributed by atoms with van der Waals surface area (Å²) in [5.74, 6) is -1.59. The molecular weight excluding hydrogens is 342 g/mol. The number of esters is 1. The number of hydrogen-bond donors (Lipinski definition) is 2. The highest BCUT2D eigenvalue weighted by atomic mass is 32.1. The zero-order chi connectivity index (χ0) is 18.0. The van der Waals surface area contributed by atoms with Gasteiger partial charge in [-0.1, -0.05) is 29.5 Å². The number of aromatic nitrogens is 1. The Balaban J connectivity index is 1.80. The van der Waals surface area contributed by atoms with E-state index in [0.29, 0.717) is 21.4 Å². The first-order valence-electron chi connectivity index (χ1n) is 7.83. The molecule has 0 radical (unpaired) electrons. The second-order valence-corrected chi connectivity index (χ2v) is 6.53. The van der Waals surface area contributed by atoms with Gasteiger partial charge in [-0.05, 0) is 25.5 Å². The van der Waals surface area contributed by atoms with Crippen LogP contribution in [0.3, 0.4) is 0 Å². The second-order valence-electron chi connectivity index (χ2n) is 5.54. The lowest BCUT2D eigenvalue weighted by atomic mass is 9.90. The SMILES string of the molecule is CCOC(=O)c1sc(NC(=O)[C@H]2CC(=O)Nc3ccccc32)nc1C. The molecule has 1 aromatic heterocycles. The van der Waals surface area contributed by atoms with Gasteiger partial charge in [-0.3, -0.25) is 9.59 Å². The highest BCUT2D eigenvalue weighted by Gasteiger charge is 2.31. The maximum absolute atomic E-state index is 12.7. The minimum absolute atomic E-state index is 0.0674. The van der Waals surface area contributed by atoms with E-state index in [1.165, 1.54) is 0 Å². The van der Waals surface area contributed by atoms with E-state index in [-0.39, 0.29) is 24.8 Å². The molecule has 7 nitrogen and oxygen atoms in total. The van der Waals surface area contributed by atoms with Gasteiger partial charge in [-0.25, -0.2) is 9.78 Å². The van der Waals surface area contributed by atoms with Crippen molar-refractivity contribution in [3.8, 4) is 0 Å². The Morgan fingerprint density at radius 3 is 2.92 bits per heavy atom. The molecule has 1 aromatic carbocycles. The summed E-state index contributed by atoms with van der Waals surface area (Å²) in [5.41, 5.74) is 1.90. The van der Waals surface area contributed by atoms with Crippen LogP contribution in [0.15, 0.2) is 24.3 Å². The van der Waals surface area contributed by atoms with Crippen LogP contribution in [0.5, 0.6) is 0 Å². The van der Waals surface area contributed by atoms with Crippen LogP contribution in [0, 0.1) is 6.92 Å². The summed E-state index contributed by atoms with van der Waals surface area (Å²) in [4.78, 5) is 40.9. The molecule has 0 unspecified atom stereocenters. The van der Waals surface area contributed by atoms with E-state index >= 15 is 0 Å².